The lowest BCUT2D eigenvalue weighted by molar-refractivity contribution is -0.140. The first kappa shape index (κ1) is 11.1. The number of hydrogen-bond acceptors (Lipinski definition) is 3. The van der Waals surface area contributed by atoms with E-state index >= 15 is 0 Å². The molecule has 1 aliphatic rings. The fourth-order valence-corrected chi connectivity index (χ4v) is 2.06. The Morgan fingerprint density at radius 2 is 2.12 bits per heavy atom. The van der Waals surface area contributed by atoms with Gasteiger partial charge in [0, 0.05) is 0 Å². The van der Waals surface area contributed by atoms with Crippen molar-refractivity contribution in [2.24, 2.45) is 0 Å². The Morgan fingerprint density at radius 3 is 2.50 bits per heavy atom. The molecule has 0 aliphatic carbocycles. The number of ketones is 1. The van der Waals surface area contributed by atoms with Crippen molar-refractivity contribution in [2.75, 3.05) is 20.3 Å². The maximum absolute atomic E-state index is 11.7. The zero-order valence-corrected chi connectivity index (χ0v) is 9.87. The van der Waals surface area contributed by atoms with Crippen molar-refractivity contribution in [3.63, 3.8) is 0 Å². The summed E-state index contributed by atoms with van der Waals surface area (Å²) in [6.07, 6.45) is 0. The fourth-order valence-electron chi connectivity index (χ4n) is 2.06. The van der Waals surface area contributed by atoms with Crippen LogP contribution < -0.4 is 4.74 Å². The third-order valence-electron chi connectivity index (χ3n) is 3.32. The van der Waals surface area contributed by atoms with Crippen LogP contribution in [0.25, 0.3) is 0 Å². The number of carbonyl (C=O) groups is 1. The SMILES string of the molecule is COc1ccc(C2(C(C)=O)COC2)cc1C. The number of benzene rings is 1. The Balaban J connectivity index is 2.40. The lowest BCUT2D eigenvalue weighted by atomic mass is 9.75. The topological polar surface area (TPSA) is 35.5 Å². The first-order chi connectivity index (χ1) is 7.60. The zero-order chi connectivity index (χ0) is 11.8. The highest BCUT2D eigenvalue weighted by atomic mass is 16.5. The Kier molecular flexibility index (Phi) is 2.72. The highest BCUT2D eigenvalue weighted by Gasteiger charge is 2.44. The monoisotopic (exact) mass is 220 g/mol. The van der Waals surface area contributed by atoms with Gasteiger partial charge in [-0.3, -0.25) is 4.79 Å². The first-order valence-corrected chi connectivity index (χ1v) is 5.34. The number of methoxy groups -OCH3 is 1. The summed E-state index contributed by atoms with van der Waals surface area (Å²) in [5.41, 5.74) is 1.66. The quantitative estimate of drug-likeness (QED) is 0.780. The van der Waals surface area contributed by atoms with Crippen molar-refractivity contribution in [3.8, 4) is 5.75 Å². The fraction of sp³-hybridized carbons (Fsp3) is 0.462. The average Bonchev–Trinajstić information content (AvgIpc) is 2.15. The molecular weight excluding hydrogens is 204 g/mol. The summed E-state index contributed by atoms with van der Waals surface area (Å²) in [6, 6.07) is 5.88. The van der Waals surface area contributed by atoms with Crippen LogP contribution in [-0.2, 0) is 14.9 Å². The second-order valence-corrected chi connectivity index (χ2v) is 4.32. The molecule has 2 rings (SSSR count). The molecule has 86 valence electrons. The molecule has 0 saturated carbocycles. The molecular formula is C13H16O3. The van der Waals surface area contributed by atoms with Crippen LogP contribution >= 0.6 is 0 Å². The van der Waals surface area contributed by atoms with Crippen molar-refractivity contribution in [3.05, 3.63) is 29.3 Å². The van der Waals surface area contributed by atoms with Gasteiger partial charge < -0.3 is 9.47 Å². The number of rotatable bonds is 3. The van der Waals surface area contributed by atoms with Crippen LogP contribution in [0.5, 0.6) is 5.75 Å². The summed E-state index contributed by atoms with van der Waals surface area (Å²) in [7, 11) is 1.65. The van der Waals surface area contributed by atoms with Gasteiger partial charge in [0.1, 0.15) is 16.9 Å². The molecule has 3 nitrogen and oxygen atoms in total. The van der Waals surface area contributed by atoms with Crippen molar-refractivity contribution < 1.29 is 14.3 Å². The van der Waals surface area contributed by atoms with Gasteiger partial charge in [-0.2, -0.15) is 0 Å². The molecule has 0 atom stereocenters. The maximum Gasteiger partial charge on any atom is 0.145 e. The molecule has 1 aromatic carbocycles. The Bertz CT molecular complexity index is 419. The van der Waals surface area contributed by atoms with Crippen molar-refractivity contribution in [1.29, 1.82) is 0 Å². The van der Waals surface area contributed by atoms with Gasteiger partial charge >= 0.3 is 0 Å². The van der Waals surface area contributed by atoms with Crippen LogP contribution in [-0.4, -0.2) is 26.1 Å². The van der Waals surface area contributed by atoms with E-state index in [1.165, 1.54) is 0 Å². The number of carbonyl (C=O) groups excluding carboxylic acids is 1. The Labute approximate surface area is 95.4 Å². The summed E-state index contributed by atoms with van der Waals surface area (Å²) in [5, 5.41) is 0. The standard InChI is InChI=1S/C13H16O3/c1-9-6-11(4-5-12(9)15-3)13(10(2)14)7-16-8-13/h4-6H,7-8H2,1-3H3. The van der Waals surface area contributed by atoms with E-state index in [1.54, 1.807) is 14.0 Å². The normalized spacial score (nSPS) is 17.7. The lowest BCUT2D eigenvalue weighted by Crippen LogP contribution is -2.52. The van der Waals surface area contributed by atoms with E-state index in [-0.39, 0.29) is 5.78 Å². The van der Waals surface area contributed by atoms with Gasteiger partial charge in [-0.05, 0) is 31.0 Å². The van der Waals surface area contributed by atoms with E-state index < -0.39 is 5.41 Å². The van der Waals surface area contributed by atoms with Gasteiger partial charge in [0.2, 0.25) is 0 Å². The van der Waals surface area contributed by atoms with E-state index in [9.17, 15) is 4.79 Å². The van der Waals surface area contributed by atoms with Crippen molar-refractivity contribution in [2.45, 2.75) is 19.3 Å². The summed E-state index contributed by atoms with van der Waals surface area (Å²) in [4.78, 5) is 11.7. The summed E-state index contributed by atoms with van der Waals surface area (Å²) in [6.45, 7) is 4.60. The minimum atomic E-state index is -0.420. The molecule has 0 radical (unpaired) electrons. The van der Waals surface area contributed by atoms with E-state index in [4.69, 9.17) is 9.47 Å². The molecule has 3 heteroatoms. The molecule has 16 heavy (non-hydrogen) atoms. The molecule has 0 aromatic heterocycles. The van der Waals surface area contributed by atoms with Gasteiger partial charge in [-0.1, -0.05) is 12.1 Å². The summed E-state index contributed by atoms with van der Waals surface area (Å²) in [5.74, 6) is 1.02. The van der Waals surface area contributed by atoms with Crippen LogP contribution in [0.2, 0.25) is 0 Å². The Morgan fingerprint density at radius 1 is 1.44 bits per heavy atom. The van der Waals surface area contributed by atoms with Crippen LogP contribution in [0.3, 0.4) is 0 Å². The average molecular weight is 220 g/mol. The van der Waals surface area contributed by atoms with Gasteiger partial charge in [0.05, 0.1) is 20.3 Å². The molecule has 1 saturated heterocycles. The predicted molar refractivity (Wildman–Crippen MR) is 60.9 cm³/mol. The summed E-state index contributed by atoms with van der Waals surface area (Å²) < 4.78 is 10.4. The number of hydrogen-bond donors (Lipinski definition) is 0. The molecule has 1 heterocycles. The van der Waals surface area contributed by atoms with Gasteiger partial charge in [-0.25, -0.2) is 0 Å². The highest BCUT2D eigenvalue weighted by molar-refractivity contribution is 5.89. The summed E-state index contributed by atoms with van der Waals surface area (Å²) >= 11 is 0. The number of Topliss-reactive ketones (excluding diaryl/α,β-unsaturated/α-hetero) is 1. The van der Waals surface area contributed by atoms with Crippen molar-refractivity contribution >= 4 is 5.78 Å². The second kappa shape index (κ2) is 3.91. The van der Waals surface area contributed by atoms with E-state index in [1.807, 2.05) is 25.1 Å². The molecule has 0 amide bonds. The maximum atomic E-state index is 11.7. The number of ether oxygens (including phenoxy) is 2. The smallest absolute Gasteiger partial charge is 0.145 e. The minimum Gasteiger partial charge on any atom is -0.496 e. The van der Waals surface area contributed by atoms with Crippen molar-refractivity contribution in [1.82, 2.24) is 0 Å². The zero-order valence-electron chi connectivity index (χ0n) is 9.87. The largest absolute Gasteiger partial charge is 0.496 e. The Hall–Kier alpha value is -1.35. The van der Waals surface area contributed by atoms with E-state index in [0.29, 0.717) is 13.2 Å². The third-order valence-corrected chi connectivity index (χ3v) is 3.32. The van der Waals surface area contributed by atoms with Gasteiger partial charge in [-0.15, -0.1) is 0 Å². The minimum absolute atomic E-state index is 0.170. The number of aryl methyl sites for hydroxylation is 1. The van der Waals surface area contributed by atoms with E-state index in [0.717, 1.165) is 16.9 Å². The third kappa shape index (κ3) is 1.52. The molecule has 1 fully saturated rings. The molecule has 0 spiro atoms. The molecule has 1 aromatic rings. The van der Waals surface area contributed by atoms with Crippen LogP contribution in [0.4, 0.5) is 0 Å². The molecule has 0 unspecified atom stereocenters. The highest BCUT2D eigenvalue weighted by Crippen LogP contribution is 2.35. The molecule has 0 N–H and O–H groups in total. The molecule has 0 bridgehead atoms. The second-order valence-electron chi connectivity index (χ2n) is 4.32. The van der Waals surface area contributed by atoms with Crippen LogP contribution in [0, 0.1) is 6.92 Å². The van der Waals surface area contributed by atoms with Gasteiger partial charge in [0.25, 0.3) is 0 Å². The molecule has 1 aliphatic heterocycles. The first-order valence-electron chi connectivity index (χ1n) is 5.34. The lowest BCUT2D eigenvalue weighted by Gasteiger charge is -2.39. The predicted octanol–water partition coefficient (Wildman–Crippen LogP) is 1.86. The van der Waals surface area contributed by atoms with Gasteiger partial charge in [0.15, 0.2) is 0 Å². The van der Waals surface area contributed by atoms with E-state index in [2.05, 4.69) is 0 Å². The van der Waals surface area contributed by atoms with Crippen LogP contribution in [0.1, 0.15) is 18.1 Å². The van der Waals surface area contributed by atoms with Crippen LogP contribution in [0.15, 0.2) is 18.2 Å².